The molecule has 0 aromatic heterocycles. The predicted molar refractivity (Wildman–Crippen MR) is 98.6 cm³/mol. The van der Waals surface area contributed by atoms with Crippen LogP contribution in [0.4, 0.5) is 4.39 Å². The number of carbonyl (C=O) groups excluding carboxylic acids is 3. The number of hydrogen-bond donors (Lipinski definition) is 2. The maximum Gasteiger partial charge on any atom is 0.276 e. The second-order valence-electron chi connectivity index (χ2n) is 6.34. The summed E-state index contributed by atoms with van der Waals surface area (Å²) in [6.45, 7) is 0.717. The van der Waals surface area contributed by atoms with Gasteiger partial charge in [-0.25, -0.2) is 4.39 Å². The number of nitrogens with one attached hydrogen (secondary N) is 2. The molecule has 146 valence electrons. The van der Waals surface area contributed by atoms with Crippen molar-refractivity contribution in [1.29, 1.82) is 0 Å². The van der Waals surface area contributed by atoms with Crippen LogP contribution in [0.15, 0.2) is 48.5 Å². The maximum atomic E-state index is 13.4. The number of rotatable bonds is 6. The fraction of sp³-hybridized carbons (Fsp3) is 0.250. The lowest BCUT2D eigenvalue weighted by molar-refractivity contribution is -0.128. The number of likely N-dealkylation sites (tertiary alicyclic amines) is 1. The Balaban J connectivity index is 1.49. The standard InChI is InChI=1S/C20H20FN3O4/c21-16-7-1-2-8-17(16)28-13-18(25)22-23-20(27)15-6-3-5-14(11-15)12-24-10-4-9-19(24)26/h1-3,5-8,11H,4,9-10,12-13H2,(H,22,25)(H,23,27). The molecule has 2 aromatic rings. The largest absolute Gasteiger partial charge is 0.481 e. The molecule has 0 bridgehead atoms. The molecule has 2 N–H and O–H groups in total. The van der Waals surface area contributed by atoms with E-state index in [2.05, 4.69) is 10.9 Å². The molecule has 0 unspecified atom stereocenters. The fourth-order valence-electron chi connectivity index (χ4n) is 2.84. The number of halogens is 1. The van der Waals surface area contributed by atoms with Gasteiger partial charge in [-0.2, -0.15) is 0 Å². The summed E-state index contributed by atoms with van der Waals surface area (Å²) in [5, 5.41) is 0. The van der Waals surface area contributed by atoms with Gasteiger partial charge in [-0.15, -0.1) is 0 Å². The lowest BCUT2D eigenvalue weighted by atomic mass is 10.1. The zero-order chi connectivity index (χ0) is 19.9. The minimum absolute atomic E-state index is 0.0480. The van der Waals surface area contributed by atoms with Crippen molar-refractivity contribution in [3.8, 4) is 5.75 Å². The summed E-state index contributed by atoms with van der Waals surface area (Å²) in [5.74, 6) is -1.65. The number of amides is 3. The molecule has 3 rings (SSSR count). The first-order valence-corrected chi connectivity index (χ1v) is 8.86. The van der Waals surface area contributed by atoms with Crippen LogP contribution in [0.3, 0.4) is 0 Å². The third-order valence-electron chi connectivity index (χ3n) is 4.24. The van der Waals surface area contributed by atoms with E-state index < -0.39 is 24.2 Å². The normalized spacial score (nSPS) is 13.3. The molecule has 3 amide bonds. The molecule has 0 saturated carbocycles. The third-order valence-corrected chi connectivity index (χ3v) is 4.24. The number of nitrogens with zero attached hydrogens (tertiary/aromatic N) is 1. The highest BCUT2D eigenvalue weighted by Gasteiger charge is 2.20. The Morgan fingerprint density at radius 1 is 1.11 bits per heavy atom. The molecule has 0 spiro atoms. The van der Waals surface area contributed by atoms with Crippen LogP contribution in [0.1, 0.15) is 28.8 Å². The van der Waals surface area contributed by atoms with E-state index in [9.17, 15) is 18.8 Å². The quantitative estimate of drug-likeness (QED) is 0.742. The molecular formula is C20H20FN3O4. The third kappa shape index (κ3) is 5.06. The number of para-hydroxylation sites is 1. The average Bonchev–Trinajstić information content (AvgIpc) is 3.10. The van der Waals surface area contributed by atoms with Crippen LogP contribution in [0.5, 0.6) is 5.75 Å². The molecule has 0 aliphatic carbocycles. The summed E-state index contributed by atoms with van der Waals surface area (Å²) >= 11 is 0. The van der Waals surface area contributed by atoms with E-state index in [0.29, 0.717) is 25.1 Å². The maximum absolute atomic E-state index is 13.4. The average molecular weight is 385 g/mol. The summed E-state index contributed by atoms with van der Waals surface area (Å²) in [5.41, 5.74) is 5.68. The molecule has 0 atom stereocenters. The molecule has 8 heteroatoms. The predicted octanol–water partition coefficient (Wildman–Crippen LogP) is 1.79. The van der Waals surface area contributed by atoms with Crippen molar-refractivity contribution in [3.05, 3.63) is 65.5 Å². The van der Waals surface area contributed by atoms with Crippen LogP contribution in [0.2, 0.25) is 0 Å². The van der Waals surface area contributed by atoms with Crippen LogP contribution in [0.25, 0.3) is 0 Å². The molecule has 1 aliphatic heterocycles. The Morgan fingerprint density at radius 2 is 1.93 bits per heavy atom. The van der Waals surface area contributed by atoms with Gasteiger partial charge < -0.3 is 9.64 Å². The SMILES string of the molecule is O=C(COc1ccccc1F)NNC(=O)c1cccc(CN2CCCC2=O)c1. The van der Waals surface area contributed by atoms with E-state index in [1.165, 1.54) is 18.2 Å². The van der Waals surface area contributed by atoms with Gasteiger partial charge in [0, 0.05) is 25.1 Å². The summed E-state index contributed by atoms with van der Waals surface area (Å²) in [7, 11) is 0. The zero-order valence-electron chi connectivity index (χ0n) is 15.1. The highest BCUT2D eigenvalue weighted by molar-refractivity contribution is 5.95. The molecule has 1 heterocycles. The van der Waals surface area contributed by atoms with Crippen LogP contribution in [-0.4, -0.2) is 35.8 Å². The summed E-state index contributed by atoms with van der Waals surface area (Å²) < 4.78 is 18.5. The Hall–Kier alpha value is -3.42. The fourth-order valence-corrected chi connectivity index (χ4v) is 2.84. The molecule has 7 nitrogen and oxygen atoms in total. The van der Waals surface area contributed by atoms with Crippen molar-refractivity contribution in [3.63, 3.8) is 0 Å². The van der Waals surface area contributed by atoms with Gasteiger partial charge >= 0.3 is 0 Å². The highest BCUT2D eigenvalue weighted by Crippen LogP contribution is 2.16. The first kappa shape index (κ1) is 19.3. The van der Waals surface area contributed by atoms with Gasteiger partial charge in [0.15, 0.2) is 18.2 Å². The summed E-state index contributed by atoms with van der Waals surface area (Å²) in [4.78, 5) is 37.5. The molecule has 2 aromatic carbocycles. The minimum atomic E-state index is -0.629. The van der Waals surface area contributed by atoms with Crippen LogP contribution in [-0.2, 0) is 16.1 Å². The second-order valence-corrected chi connectivity index (χ2v) is 6.34. The van der Waals surface area contributed by atoms with Gasteiger partial charge in [0.05, 0.1) is 0 Å². The van der Waals surface area contributed by atoms with Crippen LogP contribution >= 0.6 is 0 Å². The number of hydrogen-bond acceptors (Lipinski definition) is 4. The first-order valence-electron chi connectivity index (χ1n) is 8.86. The Kier molecular flexibility index (Phi) is 6.21. The Labute approximate surface area is 161 Å². The lowest BCUT2D eigenvalue weighted by Crippen LogP contribution is -2.43. The van der Waals surface area contributed by atoms with Gasteiger partial charge in [0.25, 0.3) is 11.8 Å². The summed E-state index contributed by atoms with van der Waals surface area (Å²) in [6.07, 6.45) is 1.40. The van der Waals surface area contributed by atoms with Crippen molar-refractivity contribution in [2.75, 3.05) is 13.2 Å². The number of carbonyl (C=O) groups is 3. The molecule has 0 radical (unpaired) electrons. The molecular weight excluding hydrogens is 365 g/mol. The Bertz CT molecular complexity index is 887. The van der Waals surface area contributed by atoms with Gasteiger partial charge in [-0.3, -0.25) is 25.2 Å². The van der Waals surface area contributed by atoms with Crippen molar-refractivity contribution in [2.24, 2.45) is 0 Å². The number of hydrazine groups is 1. The van der Waals surface area contributed by atoms with E-state index in [0.717, 1.165) is 12.0 Å². The van der Waals surface area contributed by atoms with Crippen molar-refractivity contribution in [2.45, 2.75) is 19.4 Å². The molecule has 1 fully saturated rings. The van der Waals surface area contributed by atoms with Crippen molar-refractivity contribution in [1.82, 2.24) is 15.8 Å². The van der Waals surface area contributed by atoms with Gasteiger partial charge in [0.2, 0.25) is 5.91 Å². The van der Waals surface area contributed by atoms with E-state index in [-0.39, 0.29) is 11.7 Å². The van der Waals surface area contributed by atoms with E-state index >= 15 is 0 Å². The van der Waals surface area contributed by atoms with Crippen molar-refractivity contribution < 1.29 is 23.5 Å². The van der Waals surface area contributed by atoms with Gasteiger partial charge in [0.1, 0.15) is 0 Å². The topological polar surface area (TPSA) is 87.7 Å². The molecule has 1 saturated heterocycles. The van der Waals surface area contributed by atoms with E-state index in [1.807, 2.05) is 6.07 Å². The molecule has 28 heavy (non-hydrogen) atoms. The Morgan fingerprint density at radius 3 is 2.68 bits per heavy atom. The highest BCUT2D eigenvalue weighted by atomic mass is 19.1. The first-order chi connectivity index (χ1) is 13.5. The number of benzene rings is 2. The van der Waals surface area contributed by atoms with Gasteiger partial charge in [-0.1, -0.05) is 24.3 Å². The van der Waals surface area contributed by atoms with Gasteiger partial charge in [-0.05, 0) is 36.2 Å². The monoisotopic (exact) mass is 385 g/mol. The van der Waals surface area contributed by atoms with Crippen LogP contribution < -0.4 is 15.6 Å². The van der Waals surface area contributed by atoms with Crippen molar-refractivity contribution >= 4 is 17.7 Å². The minimum Gasteiger partial charge on any atom is -0.481 e. The lowest BCUT2D eigenvalue weighted by Gasteiger charge is -2.16. The van der Waals surface area contributed by atoms with E-state index in [1.54, 1.807) is 29.2 Å². The van der Waals surface area contributed by atoms with Crippen LogP contribution in [0, 0.1) is 5.82 Å². The van der Waals surface area contributed by atoms with E-state index in [4.69, 9.17) is 4.74 Å². The molecule has 1 aliphatic rings. The second kappa shape index (κ2) is 8.98. The summed E-state index contributed by atoms with van der Waals surface area (Å²) in [6, 6.07) is 12.5. The smallest absolute Gasteiger partial charge is 0.276 e. The zero-order valence-corrected chi connectivity index (χ0v) is 15.1. The number of ether oxygens (including phenoxy) is 1.